The molecule has 0 radical (unpaired) electrons. The lowest BCUT2D eigenvalue weighted by molar-refractivity contribution is 0.108. The third-order valence-corrected chi connectivity index (χ3v) is 4.20. The number of amides is 2. The molecule has 128 valence electrons. The second-order valence-corrected chi connectivity index (χ2v) is 5.73. The maximum atomic E-state index is 12.3. The van der Waals surface area contributed by atoms with E-state index in [-0.39, 0.29) is 18.7 Å². The van der Waals surface area contributed by atoms with Crippen LogP contribution in [0, 0.1) is 0 Å². The molecule has 23 heavy (non-hydrogen) atoms. The maximum absolute atomic E-state index is 12.3. The summed E-state index contributed by atoms with van der Waals surface area (Å²) in [6, 6.07) is 5.54. The van der Waals surface area contributed by atoms with Crippen LogP contribution >= 0.6 is 0 Å². The van der Waals surface area contributed by atoms with Gasteiger partial charge in [0.15, 0.2) is 0 Å². The normalized spacial score (nSPS) is 17.7. The van der Waals surface area contributed by atoms with E-state index in [0.717, 1.165) is 36.3 Å². The van der Waals surface area contributed by atoms with Gasteiger partial charge in [0.05, 0.1) is 26.9 Å². The van der Waals surface area contributed by atoms with Crippen LogP contribution in [0.3, 0.4) is 0 Å². The highest BCUT2D eigenvalue weighted by Gasteiger charge is 2.25. The number of nitrogens with zero attached hydrogens (tertiary/aromatic N) is 1. The summed E-state index contributed by atoms with van der Waals surface area (Å²) in [6.45, 7) is 1.27. The first kappa shape index (κ1) is 17.4. The molecule has 1 aromatic rings. The van der Waals surface area contributed by atoms with E-state index in [2.05, 4.69) is 5.32 Å². The zero-order valence-corrected chi connectivity index (χ0v) is 13.9. The Morgan fingerprint density at radius 2 is 1.96 bits per heavy atom. The van der Waals surface area contributed by atoms with Crippen LogP contribution < -0.4 is 14.8 Å². The van der Waals surface area contributed by atoms with Gasteiger partial charge in [0.2, 0.25) is 0 Å². The summed E-state index contributed by atoms with van der Waals surface area (Å²) in [7, 11) is 3.23. The summed E-state index contributed by atoms with van der Waals surface area (Å²) in [5.74, 6) is 1.48. The van der Waals surface area contributed by atoms with Gasteiger partial charge in [-0.15, -0.1) is 0 Å². The minimum absolute atomic E-state index is 0.0283. The van der Waals surface area contributed by atoms with E-state index in [1.54, 1.807) is 19.1 Å². The summed E-state index contributed by atoms with van der Waals surface area (Å²) in [4.78, 5) is 14.0. The van der Waals surface area contributed by atoms with Gasteiger partial charge in [0.25, 0.3) is 0 Å². The second kappa shape index (κ2) is 8.62. The molecule has 2 rings (SSSR count). The van der Waals surface area contributed by atoms with Gasteiger partial charge >= 0.3 is 6.03 Å². The van der Waals surface area contributed by atoms with Crippen molar-refractivity contribution in [3.05, 3.63) is 23.8 Å². The molecular formula is C17H26N2O4. The number of aliphatic hydroxyl groups excluding tert-OH is 1. The molecule has 2 amide bonds. The predicted molar refractivity (Wildman–Crippen MR) is 88.1 cm³/mol. The van der Waals surface area contributed by atoms with E-state index in [0.29, 0.717) is 19.5 Å². The lowest BCUT2D eigenvalue weighted by atomic mass is 10.0. The first-order chi connectivity index (χ1) is 11.2. The van der Waals surface area contributed by atoms with Gasteiger partial charge in [-0.3, -0.25) is 0 Å². The fourth-order valence-corrected chi connectivity index (χ4v) is 2.88. The average Bonchev–Trinajstić information content (AvgIpc) is 2.61. The number of likely N-dealkylation sites (tertiary alicyclic amines) is 1. The van der Waals surface area contributed by atoms with Gasteiger partial charge in [0, 0.05) is 19.2 Å². The molecule has 1 fully saturated rings. The molecule has 0 unspecified atom stereocenters. The lowest BCUT2D eigenvalue weighted by Crippen LogP contribution is -2.50. The predicted octanol–water partition coefficient (Wildman–Crippen LogP) is 1.80. The third kappa shape index (κ3) is 4.76. The molecule has 1 saturated heterocycles. The van der Waals surface area contributed by atoms with Crippen LogP contribution in [0.15, 0.2) is 18.2 Å². The van der Waals surface area contributed by atoms with E-state index in [9.17, 15) is 9.90 Å². The number of hydrogen-bond acceptors (Lipinski definition) is 4. The summed E-state index contributed by atoms with van der Waals surface area (Å²) in [6.07, 6.45) is 3.63. The van der Waals surface area contributed by atoms with E-state index in [1.807, 2.05) is 18.2 Å². The third-order valence-electron chi connectivity index (χ3n) is 4.20. The van der Waals surface area contributed by atoms with Crippen molar-refractivity contribution in [2.24, 2.45) is 0 Å². The minimum atomic E-state index is -0.0985. The molecule has 1 aromatic carbocycles. The van der Waals surface area contributed by atoms with E-state index >= 15 is 0 Å². The number of benzene rings is 1. The Kier molecular flexibility index (Phi) is 6.52. The number of rotatable bonds is 6. The Morgan fingerprint density at radius 3 is 2.57 bits per heavy atom. The first-order valence-corrected chi connectivity index (χ1v) is 8.05. The molecule has 1 atom stereocenters. The van der Waals surface area contributed by atoms with Crippen molar-refractivity contribution in [2.45, 2.75) is 31.7 Å². The molecule has 0 bridgehead atoms. The SMILES string of the molecule is COc1cc(CCNC(=O)N2CCCC[C@H]2CO)cc(OC)c1. The molecular weight excluding hydrogens is 296 g/mol. The molecule has 1 aliphatic rings. The summed E-state index contributed by atoms with van der Waals surface area (Å²) in [5.41, 5.74) is 1.04. The van der Waals surface area contributed by atoms with Gasteiger partial charge in [0.1, 0.15) is 11.5 Å². The maximum Gasteiger partial charge on any atom is 0.317 e. The molecule has 1 aliphatic heterocycles. The number of nitrogens with one attached hydrogen (secondary N) is 1. The number of methoxy groups -OCH3 is 2. The van der Waals surface area contributed by atoms with Crippen LogP contribution in [0.25, 0.3) is 0 Å². The van der Waals surface area contributed by atoms with Crippen molar-refractivity contribution in [3.8, 4) is 11.5 Å². The van der Waals surface area contributed by atoms with Crippen LogP contribution in [0.4, 0.5) is 4.79 Å². The fraction of sp³-hybridized carbons (Fsp3) is 0.588. The van der Waals surface area contributed by atoms with Crippen LogP contribution in [0.5, 0.6) is 11.5 Å². The van der Waals surface area contributed by atoms with Crippen molar-refractivity contribution in [3.63, 3.8) is 0 Å². The van der Waals surface area contributed by atoms with E-state index < -0.39 is 0 Å². The largest absolute Gasteiger partial charge is 0.497 e. The van der Waals surface area contributed by atoms with Crippen LogP contribution in [-0.2, 0) is 6.42 Å². The highest BCUT2D eigenvalue weighted by Crippen LogP contribution is 2.22. The lowest BCUT2D eigenvalue weighted by Gasteiger charge is -2.34. The molecule has 0 spiro atoms. The number of urea groups is 1. The average molecular weight is 322 g/mol. The number of ether oxygens (including phenoxy) is 2. The number of carbonyl (C=O) groups excluding carboxylic acids is 1. The molecule has 2 N–H and O–H groups in total. The van der Waals surface area contributed by atoms with Gasteiger partial charge in [-0.1, -0.05) is 0 Å². The Hall–Kier alpha value is -1.95. The molecule has 0 aliphatic carbocycles. The molecule has 0 aromatic heterocycles. The van der Waals surface area contributed by atoms with Gasteiger partial charge < -0.3 is 24.8 Å². The monoisotopic (exact) mass is 322 g/mol. The quantitative estimate of drug-likeness (QED) is 0.838. The van der Waals surface area contributed by atoms with Crippen molar-refractivity contribution in [1.29, 1.82) is 0 Å². The first-order valence-electron chi connectivity index (χ1n) is 8.05. The second-order valence-electron chi connectivity index (χ2n) is 5.73. The van der Waals surface area contributed by atoms with Crippen LogP contribution in [-0.4, -0.2) is 56.0 Å². The molecule has 1 heterocycles. The summed E-state index contributed by atoms with van der Waals surface area (Å²) < 4.78 is 10.5. The zero-order valence-electron chi connectivity index (χ0n) is 13.9. The Bertz CT molecular complexity index is 499. The standard InChI is InChI=1S/C17H26N2O4/c1-22-15-9-13(10-16(11-15)23-2)6-7-18-17(21)19-8-4-3-5-14(19)12-20/h9-11,14,20H,3-8,12H2,1-2H3,(H,18,21)/t14-/m0/s1. The number of aliphatic hydroxyl groups is 1. The van der Waals surface area contributed by atoms with E-state index in [4.69, 9.17) is 9.47 Å². The fourth-order valence-electron chi connectivity index (χ4n) is 2.88. The van der Waals surface area contributed by atoms with Crippen molar-refractivity contribution < 1.29 is 19.4 Å². The Labute approximate surface area is 137 Å². The Morgan fingerprint density at radius 1 is 1.26 bits per heavy atom. The zero-order chi connectivity index (χ0) is 16.7. The number of hydrogen-bond donors (Lipinski definition) is 2. The van der Waals surface area contributed by atoms with Gasteiger partial charge in [-0.2, -0.15) is 0 Å². The topological polar surface area (TPSA) is 71.0 Å². The highest BCUT2D eigenvalue weighted by atomic mass is 16.5. The number of carbonyl (C=O) groups is 1. The summed E-state index contributed by atoms with van der Waals surface area (Å²) in [5, 5.41) is 12.3. The smallest absolute Gasteiger partial charge is 0.317 e. The van der Waals surface area contributed by atoms with Crippen molar-refractivity contribution in [1.82, 2.24) is 10.2 Å². The molecule has 6 heteroatoms. The van der Waals surface area contributed by atoms with Crippen LogP contribution in [0.2, 0.25) is 0 Å². The van der Waals surface area contributed by atoms with Crippen LogP contribution in [0.1, 0.15) is 24.8 Å². The van der Waals surface area contributed by atoms with Gasteiger partial charge in [-0.25, -0.2) is 4.79 Å². The molecule has 0 saturated carbocycles. The van der Waals surface area contributed by atoms with Crippen molar-refractivity contribution in [2.75, 3.05) is 33.9 Å². The van der Waals surface area contributed by atoms with Gasteiger partial charge in [-0.05, 0) is 43.4 Å². The molecule has 6 nitrogen and oxygen atoms in total. The Balaban J connectivity index is 1.87. The minimum Gasteiger partial charge on any atom is -0.497 e. The highest BCUT2D eigenvalue weighted by molar-refractivity contribution is 5.74. The summed E-state index contributed by atoms with van der Waals surface area (Å²) >= 11 is 0. The van der Waals surface area contributed by atoms with Crippen molar-refractivity contribution >= 4 is 6.03 Å². The van der Waals surface area contributed by atoms with E-state index in [1.165, 1.54) is 0 Å². The number of piperidine rings is 1.